The Morgan fingerprint density at radius 2 is 1.89 bits per heavy atom. The molecule has 1 saturated heterocycles. The Kier molecular flexibility index (Phi) is 2.81. The molecule has 0 radical (unpaired) electrons. The zero-order valence-electron chi connectivity index (χ0n) is 10.8. The molecule has 0 aromatic carbocycles. The first kappa shape index (κ1) is 12.8. The minimum Gasteiger partial charge on any atom is -0.300 e. The van der Waals surface area contributed by atoms with Crippen molar-refractivity contribution in [2.24, 2.45) is 11.8 Å². The summed E-state index contributed by atoms with van der Waals surface area (Å²) in [6, 6.07) is 0.486. The number of hydrogen-bond acceptors (Lipinski definition) is 4. The highest BCUT2D eigenvalue weighted by atomic mass is 19.4. The van der Waals surface area contributed by atoms with E-state index in [1.807, 2.05) is 0 Å². The van der Waals surface area contributed by atoms with Gasteiger partial charge in [0.05, 0.1) is 0 Å². The average Bonchev–Trinajstić information content (AvgIpc) is 2.67. The molecule has 19 heavy (non-hydrogen) atoms. The number of tetrazole rings is 1. The molecule has 1 aromatic rings. The number of aromatic nitrogens is 4. The van der Waals surface area contributed by atoms with E-state index in [0.29, 0.717) is 23.7 Å². The van der Waals surface area contributed by atoms with E-state index in [4.69, 9.17) is 0 Å². The molecule has 1 aliphatic carbocycles. The number of nitrogens with zero attached hydrogens (tertiary/aromatic N) is 5. The quantitative estimate of drug-likeness (QED) is 0.834. The molecule has 0 amide bonds. The summed E-state index contributed by atoms with van der Waals surface area (Å²) in [6.45, 7) is 5.04. The number of fused-ring (bicyclic) bond motifs is 1. The van der Waals surface area contributed by atoms with Crippen LogP contribution in [0.2, 0.25) is 0 Å². The second kappa shape index (κ2) is 4.16. The van der Waals surface area contributed by atoms with Crippen LogP contribution in [0.1, 0.15) is 25.6 Å². The summed E-state index contributed by atoms with van der Waals surface area (Å²) in [5, 5.41) is 10.7. The minimum absolute atomic E-state index is 0.104. The Morgan fingerprint density at radius 3 is 2.42 bits per heavy atom. The van der Waals surface area contributed by atoms with Crippen LogP contribution in [0.15, 0.2) is 0 Å². The molecule has 3 atom stereocenters. The van der Waals surface area contributed by atoms with Gasteiger partial charge in [-0.3, -0.25) is 0 Å². The third kappa shape index (κ3) is 2.33. The summed E-state index contributed by atoms with van der Waals surface area (Å²) in [5.74, 6) is 1.34. The Balaban J connectivity index is 1.69. The van der Waals surface area contributed by atoms with E-state index in [-0.39, 0.29) is 5.92 Å². The largest absolute Gasteiger partial charge is 0.408 e. The summed E-state index contributed by atoms with van der Waals surface area (Å²) in [5.41, 5.74) is 0. The van der Waals surface area contributed by atoms with E-state index < -0.39 is 12.7 Å². The molecule has 1 unspecified atom stereocenters. The third-order valence-electron chi connectivity index (χ3n) is 4.14. The van der Waals surface area contributed by atoms with E-state index in [1.54, 1.807) is 0 Å². The van der Waals surface area contributed by atoms with Gasteiger partial charge in [0.15, 0.2) is 5.82 Å². The zero-order chi connectivity index (χ0) is 13.8. The van der Waals surface area contributed by atoms with Crippen molar-refractivity contribution in [3.05, 3.63) is 5.82 Å². The Labute approximate surface area is 108 Å². The molecule has 0 spiro atoms. The Morgan fingerprint density at radius 1 is 1.26 bits per heavy atom. The molecule has 8 heteroatoms. The predicted molar refractivity (Wildman–Crippen MR) is 60.3 cm³/mol. The monoisotopic (exact) mass is 275 g/mol. The van der Waals surface area contributed by atoms with Crippen LogP contribution >= 0.6 is 0 Å². The van der Waals surface area contributed by atoms with Crippen molar-refractivity contribution < 1.29 is 13.2 Å². The summed E-state index contributed by atoms with van der Waals surface area (Å²) in [6.07, 6.45) is -4.28. The minimum atomic E-state index is -4.28. The van der Waals surface area contributed by atoms with E-state index in [0.717, 1.165) is 17.8 Å². The standard InChI is InChI=1S/C11H16F3N5/c1-6(2)18-3-7-8(4-18)9(7)10-15-16-17-19(10)5-11(12,13)14/h6-9H,3-5H2,1-2H3/t7-,8+,9?. The van der Waals surface area contributed by atoms with Crippen molar-refractivity contribution in [3.63, 3.8) is 0 Å². The number of likely N-dealkylation sites (tertiary alicyclic amines) is 1. The lowest BCUT2D eigenvalue weighted by Gasteiger charge is -2.23. The van der Waals surface area contributed by atoms with Crippen molar-refractivity contribution in [1.29, 1.82) is 0 Å². The van der Waals surface area contributed by atoms with Gasteiger partial charge in [-0.2, -0.15) is 13.2 Å². The highest BCUT2D eigenvalue weighted by Crippen LogP contribution is 2.57. The maximum absolute atomic E-state index is 12.4. The normalized spacial score (nSPS) is 30.9. The molecule has 2 heterocycles. The first-order valence-electron chi connectivity index (χ1n) is 6.43. The molecular formula is C11H16F3N5. The summed E-state index contributed by atoms with van der Waals surface area (Å²) < 4.78 is 38.2. The fraction of sp³-hybridized carbons (Fsp3) is 0.909. The molecule has 0 bridgehead atoms. The van der Waals surface area contributed by atoms with Crippen LogP contribution in [-0.4, -0.2) is 50.4 Å². The molecule has 2 aliphatic rings. The lowest BCUT2D eigenvalue weighted by atomic mass is 10.2. The van der Waals surface area contributed by atoms with Crippen molar-refractivity contribution in [1.82, 2.24) is 25.1 Å². The molecule has 2 fully saturated rings. The van der Waals surface area contributed by atoms with Crippen LogP contribution in [0.4, 0.5) is 13.2 Å². The van der Waals surface area contributed by atoms with E-state index in [2.05, 4.69) is 34.3 Å². The smallest absolute Gasteiger partial charge is 0.300 e. The van der Waals surface area contributed by atoms with Crippen molar-refractivity contribution >= 4 is 0 Å². The highest BCUT2D eigenvalue weighted by Gasteiger charge is 2.59. The van der Waals surface area contributed by atoms with Gasteiger partial charge in [-0.1, -0.05) is 0 Å². The summed E-state index contributed by atoms with van der Waals surface area (Å²) in [4.78, 5) is 2.35. The van der Waals surface area contributed by atoms with Crippen LogP contribution in [0, 0.1) is 11.8 Å². The van der Waals surface area contributed by atoms with Crippen LogP contribution < -0.4 is 0 Å². The maximum atomic E-state index is 12.4. The molecule has 1 aliphatic heterocycles. The second-order valence-corrected chi connectivity index (χ2v) is 5.71. The lowest BCUT2D eigenvalue weighted by molar-refractivity contribution is -0.143. The summed E-state index contributed by atoms with van der Waals surface area (Å²) in [7, 11) is 0. The van der Waals surface area contributed by atoms with Gasteiger partial charge in [-0.25, -0.2) is 4.68 Å². The zero-order valence-corrected chi connectivity index (χ0v) is 10.8. The van der Waals surface area contributed by atoms with Crippen molar-refractivity contribution in [2.45, 2.75) is 38.5 Å². The molecule has 1 aromatic heterocycles. The molecule has 1 saturated carbocycles. The SMILES string of the molecule is CC(C)N1C[C@@H]2C(c3nnnn3CC(F)(F)F)[C@@H]2C1. The first-order chi connectivity index (χ1) is 8.87. The molecule has 106 valence electrons. The number of piperidine rings is 1. The van der Waals surface area contributed by atoms with Gasteiger partial charge in [-0.15, -0.1) is 5.10 Å². The van der Waals surface area contributed by atoms with Gasteiger partial charge in [0.1, 0.15) is 6.54 Å². The number of hydrogen-bond donors (Lipinski definition) is 0. The third-order valence-corrected chi connectivity index (χ3v) is 4.14. The number of alkyl halides is 3. The first-order valence-corrected chi connectivity index (χ1v) is 6.43. The van der Waals surface area contributed by atoms with Gasteiger partial charge >= 0.3 is 6.18 Å². The van der Waals surface area contributed by atoms with Crippen LogP contribution in [-0.2, 0) is 6.54 Å². The number of rotatable bonds is 3. The fourth-order valence-corrected chi connectivity index (χ4v) is 3.10. The van der Waals surface area contributed by atoms with E-state index in [9.17, 15) is 13.2 Å². The van der Waals surface area contributed by atoms with E-state index in [1.165, 1.54) is 0 Å². The Bertz CT molecular complexity index is 457. The van der Waals surface area contributed by atoms with Crippen molar-refractivity contribution in [2.75, 3.05) is 13.1 Å². The average molecular weight is 275 g/mol. The molecule has 3 rings (SSSR count). The van der Waals surface area contributed by atoms with Gasteiger partial charge in [-0.05, 0) is 36.1 Å². The second-order valence-electron chi connectivity index (χ2n) is 5.71. The Hall–Kier alpha value is -1.18. The number of halogens is 3. The van der Waals surface area contributed by atoms with E-state index >= 15 is 0 Å². The highest BCUT2D eigenvalue weighted by molar-refractivity contribution is 5.19. The molecule has 0 N–H and O–H groups in total. The van der Waals surface area contributed by atoms with Crippen LogP contribution in [0.25, 0.3) is 0 Å². The summed E-state index contributed by atoms with van der Waals surface area (Å²) >= 11 is 0. The van der Waals surface area contributed by atoms with Gasteiger partial charge in [0, 0.05) is 25.0 Å². The fourth-order valence-electron chi connectivity index (χ4n) is 3.10. The van der Waals surface area contributed by atoms with Crippen LogP contribution in [0.5, 0.6) is 0 Å². The molecule has 5 nitrogen and oxygen atoms in total. The topological polar surface area (TPSA) is 46.8 Å². The van der Waals surface area contributed by atoms with Crippen LogP contribution in [0.3, 0.4) is 0 Å². The maximum Gasteiger partial charge on any atom is 0.408 e. The van der Waals surface area contributed by atoms with Gasteiger partial charge in [0.25, 0.3) is 0 Å². The van der Waals surface area contributed by atoms with Crippen molar-refractivity contribution in [3.8, 4) is 0 Å². The predicted octanol–water partition coefficient (Wildman–Crippen LogP) is 1.29. The van der Waals surface area contributed by atoms with Gasteiger partial charge in [0.2, 0.25) is 0 Å². The lowest BCUT2D eigenvalue weighted by Crippen LogP contribution is -2.31. The molecular weight excluding hydrogens is 259 g/mol. The van der Waals surface area contributed by atoms with Gasteiger partial charge < -0.3 is 4.90 Å².